The zero-order valence-corrected chi connectivity index (χ0v) is 21.8. The predicted octanol–water partition coefficient (Wildman–Crippen LogP) is 9.88. The molecule has 0 unspecified atom stereocenters. The third-order valence-electron chi connectivity index (χ3n) is 6.99. The molecule has 0 bridgehead atoms. The summed E-state index contributed by atoms with van der Waals surface area (Å²) in [4.78, 5) is 9.65. The Bertz CT molecular complexity index is 945. The number of hydrogen-bond donors (Lipinski definition) is 0. The first-order valence-electron chi connectivity index (χ1n) is 14.1. The topological polar surface area (TPSA) is 25.8 Å². The van der Waals surface area contributed by atoms with Crippen LogP contribution in [0.5, 0.6) is 0 Å². The molecule has 1 heterocycles. The number of rotatable bonds is 17. The van der Waals surface area contributed by atoms with Crippen molar-refractivity contribution in [2.45, 2.75) is 117 Å². The van der Waals surface area contributed by atoms with E-state index in [-0.39, 0.29) is 0 Å². The average Bonchev–Trinajstić information content (AvgIpc) is 2.87. The Morgan fingerprint density at radius 3 is 1.68 bits per heavy atom. The fourth-order valence-electron chi connectivity index (χ4n) is 4.77. The first kappa shape index (κ1) is 26.4. The molecule has 0 spiro atoms. The van der Waals surface area contributed by atoms with Crippen molar-refractivity contribution in [3.05, 3.63) is 59.8 Å². The molecule has 0 N–H and O–H groups in total. The second-order valence-corrected chi connectivity index (χ2v) is 10.0. The Kier molecular flexibility index (Phi) is 12.1. The summed E-state index contributed by atoms with van der Waals surface area (Å²) in [6, 6.07) is 15.6. The summed E-state index contributed by atoms with van der Waals surface area (Å²) in [6.07, 6.45) is 23.3. The summed E-state index contributed by atoms with van der Waals surface area (Å²) >= 11 is 0. The van der Waals surface area contributed by atoms with Crippen molar-refractivity contribution in [1.29, 1.82) is 0 Å². The molecule has 0 atom stereocenters. The fourth-order valence-corrected chi connectivity index (χ4v) is 4.77. The van der Waals surface area contributed by atoms with Gasteiger partial charge in [0, 0.05) is 5.56 Å². The Labute approximate surface area is 208 Å². The lowest BCUT2D eigenvalue weighted by atomic mass is 10.0. The Hall–Kier alpha value is -2.22. The van der Waals surface area contributed by atoms with Crippen LogP contribution in [0.15, 0.2) is 48.7 Å². The van der Waals surface area contributed by atoms with Crippen LogP contribution in [-0.2, 0) is 12.8 Å². The van der Waals surface area contributed by atoms with E-state index < -0.39 is 0 Å². The molecule has 0 aliphatic heterocycles. The maximum absolute atomic E-state index is 4.90. The molecular formula is C32H46N2. The van der Waals surface area contributed by atoms with E-state index in [9.17, 15) is 0 Å². The summed E-state index contributed by atoms with van der Waals surface area (Å²) in [5.74, 6) is 0. The predicted molar refractivity (Wildman–Crippen MR) is 148 cm³/mol. The molecule has 0 radical (unpaired) electrons. The molecule has 0 saturated carbocycles. The standard InChI is InChI=1S/C32H46N2/c1-3-5-7-9-11-13-15-17-27-19-22-29(23-20-27)32-26-33-31-25-28(21-24-30(31)34-32)18-16-14-12-10-8-6-4-2/h19-26H,3-18H2,1-2H3. The van der Waals surface area contributed by atoms with Gasteiger partial charge < -0.3 is 0 Å². The van der Waals surface area contributed by atoms with Crippen LogP contribution in [0.3, 0.4) is 0 Å². The molecule has 2 heteroatoms. The smallest absolute Gasteiger partial charge is 0.0894 e. The quantitative estimate of drug-likeness (QED) is 0.188. The zero-order chi connectivity index (χ0) is 23.8. The number of unbranched alkanes of at least 4 members (excludes halogenated alkanes) is 12. The van der Waals surface area contributed by atoms with Crippen LogP contribution >= 0.6 is 0 Å². The summed E-state index contributed by atoms with van der Waals surface area (Å²) in [7, 11) is 0. The molecule has 3 rings (SSSR count). The summed E-state index contributed by atoms with van der Waals surface area (Å²) in [5, 5.41) is 0. The highest BCUT2D eigenvalue weighted by Gasteiger charge is 2.05. The van der Waals surface area contributed by atoms with Crippen molar-refractivity contribution in [1.82, 2.24) is 9.97 Å². The van der Waals surface area contributed by atoms with Crippen molar-refractivity contribution >= 4 is 11.0 Å². The normalized spacial score (nSPS) is 11.4. The Morgan fingerprint density at radius 2 is 1.06 bits per heavy atom. The SMILES string of the molecule is CCCCCCCCCc1ccc(-c2cnc3cc(CCCCCCCCC)ccc3n2)cc1. The summed E-state index contributed by atoms with van der Waals surface area (Å²) < 4.78 is 0. The van der Waals surface area contributed by atoms with Crippen molar-refractivity contribution in [3.63, 3.8) is 0 Å². The number of aryl methyl sites for hydroxylation is 2. The van der Waals surface area contributed by atoms with Gasteiger partial charge >= 0.3 is 0 Å². The lowest BCUT2D eigenvalue weighted by Gasteiger charge is -2.07. The lowest BCUT2D eigenvalue weighted by Crippen LogP contribution is -1.92. The lowest BCUT2D eigenvalue weighted by molar-refractivity contribution is 0.589. The zero-order valence-electron chi connectivity index (χ0n) is 21.8. The number of hydrogen-bond acceptors (Lipinski definition) is 2. The Balaban J connectivity index is 1.46. The molecule has 34 heavy (non-hydrogen) atoms. The van der Waals surface area contributed by atoms with Gasteiger partial charge in [0.25, 0.3) is 0 Å². The van der Waals surface area contributed by atoms with Gasteiger partial charge in [0.15, 0.2) is 0 Å². The van der Waals surface area contributed by atoms with E-state index in [1.807, 2.05) is 6.20 Å². The van der Waals surface area contributed by atoms with Crippen LogP contribution in [-0.4, -0.2) is 9.97 Å². The molecule has 0 saturated heterocycles. The van der Waals surface area contributed by atoms with Crippen molar-refractivity contribution in [2.75, 3.05) is 0 Å². The molecule has 0 fully saturated rings. The van der Waals surface area contributed by atoms with Crippen LogP contribution < -0.4 is 0 Å². The van der Waals surface area contributed by atoms with E-state index in [4.69, 9.17) is 9.97 Å². The maximum Gasteiger partial charge on any atom is 0.0894 e. The number of aromatic nitrogens is 2. The minimum Gasteiger partial charge on any atom is -0.252 e. The first-order chi connectivity index (χ1) is 16.8. The van der Waals surface area contributed by atoms with Gasteiger partial charge in [0.1, 0.15) is 0 Å². The number of benzene rings is 2. The number of fused-ring (bicyclic) bond motifs is 1. The maximum atomic E-state index is 4.90. The largest absolute Gasteiger partial charge is 0.252 e. The van der Waals surface area contributed by atoms with Gasteiger partial charge in [-0.3, -0.25) is 4.98 Å². The van der Waals surface area contributed by atoms with Gasteiger partial charge in [-0.2, -0.15) is 0 Å². The van der Waals surface area contributed by atoms with E-state index in [1.54, 1.807) is 0 Å². The third kappa shape index (κ3) is 9.20. The van der Waals surface area contributed by atoms with Crippen LogP contribution in [0.1, 0.15) is 115 Å². The van der Waals surface area contributed by atoms with Gasteiger partial charge in [-0.25, -0.2) is 4.98 Å². The average molecular weight is 459 g/mol. The van der Waals surface area contributed by atoms with Gasteiger partial charge in [-0.1, -0.05) is 121 Å². The highest BCUT2D eigenvalue weighted by molar-refractivity contribution is 5.77. The first-order valence-corrected chi connectivity index (χ1v) is 14.1. The van der Waals surface area contributed by atoms with Gasteiger partial charge in [0.05, 0.1) is 22.9 Å². The molecule has 2 aromatic carbocycles. The van der Waals surface area contributed by atoms with Crippen LogP contribution in [0.25, 0.3) is 22.3 Å². The molecule has 2 nitrogen and oxygen atoms in total. The second kappa shape index (κ2) is 15.6. The van der Waals surface area contributed by atoms with E-state index >= 15 is 0 Å². The Morgan fingerprint density at radius 1 is 0.529 bits per heavy atom. The van der Waals surface area contributed by atoms with Crippen molar-refractivity contribution < 1.29 is 0 Å². The molecule has 0 aliphatic rings. The van der Waals surface area contributed by atoms with Crippen molar-refractivity contribution in [3.8, 4) is 11.3 Å². The number of nitrogens with zero attached hydrogens (tertiary/aromatic N) is 2. The molecule has 184 valence electrons. The highest BCUT2D eigenvalue weighted by atomic mass is 14.8. The van der Waals surface area contributed by atoms with E-state index in [1.165, 1.54) is 107 Å². The third-order valence-corrected chi connectivity index (χ3v) is 6.99. The van der Waals surface area contributed by atoms with Crippen LogP contribution in [0.4, 0.5) is 0 Å². The minimum atomic E-state index is 0.967. The minimum absolute atomic E-state index is 0.967. The van der Waals surface area contributed by atoms with Gasteiger partial charge in [-0.05, 0) is 48.9 Å². The highest BCUT2D eigenvalue weighted by Crippen LogP contribution is 2.22. The molecule has 0 aliphatic carbocycles. The second-order valence-electron chi connectivity index (χ2n) is 10.0. The molecule has 1 aromatic heterocycles. The monoisotopic (exact) mass is 458 g/mol. The van der Waals surface area contributed by atoms with Crippen molar-refractivity contribution in [2.24, 2.45) is 0 Å². The van der Waals surface area contributed by atoms with E-state index in [2.05, 4.69) is 56.3 Å². The molecular weight excluding hydrogens is 412 g/mol. The van der Waals surface area contributed by atoms with Crippen LogP contribution in [0, 0.1) is 0 Å². The van der Waals surface area contributed by atoms with E-state index in [0.717, 1.165) is 28.7 Å². The van der Waals surface area contributed by atoms with E-state index in [0.29, 0.717) is 0 Å². The fraction of sp³-hybridized carbons (Fsp3) is 0.562. The summed E-state index contributed by atoms with van der Waals surface area (Å²) in [6.45, 7) is 4.56. The van der Waals surface area contributed by atoms with Crippen LogP contribution in [0.2, 0.25) is 0 Å². The molecule has 0 amide bonds. The molecule has 3 aromatic rings. The van der Waals surface area contributed by atoms with Gasteiger partial charge in [-0.15, -0.1) is 0 Å². The van der Waals surface area contributed by atoms with Gasteiger partial charge in [0.2, 0.25) is 0 Å². The summed E-state index contributed by atoms with van der Waals surface area (Å²) in [5.41, 5.74) is 6.95.